The highest BCUT2D eigenvalue weighted by molar-refractivity contribution is 7.98. The van der Waals surface area contributed by atoms with E-state index in [1.165, 1.54) is 0 Å². The first-order chi connectivity index (χ1) is 5.52. The normalized spacial score (nSPS) is 17.9. The van der Waals surface area contributed by atoms with Gasteiger partial charge in [-0.25, -0.2) is 0 Å². The fourth-order valence-electron chi connectivity index (χ4n) is 0.794. The summed E-state index contributed by atoms with van der Waals surface area (Å²) < 4.78 is 0. The standard InChI is InChI=1S/C9H17NOS/c1-5-8(2)10-6-9(3,11)7-12-4/h1,8,10-11H,6-7H2,2-4H3. The topological polar surface area (TPSA) is 32.3 Å². The lowest BCUT2D eigenvalue weighted by Crippen LogP contribution is -2.42. The summed E-state index contributed by atoms with van der Waals surface area (Å²) in [6, 6.07) is 0.0262. The molecule has 2 N–H and O–H groups in total. The van der Waals surface area contributed by atoms with Crippen LogP contribution in [0.4, 0.5) is 0 Å². The average molecular weight is 187 g/mol. The van der Waals surface area contributed by atoms with Crippen molar-refractivity contribution < 1.29 is 5.11 Å². The van der Waals surface area contributed by atoms with Crippen molar-refractivity contribution >= 4 is 11.8 Å². The fraction of sp³-hybridized carbons (Fsp3) is 0.778. The summed E-state index contributed by atoms with van der Waals surface area (Å²) >= 11 is 1.63. The van der Waals surface area contributed by atoms with E-state index in [4.69, 9.17) is 6.42 Å². The van der Waals surface area contributed by atoms with E-state index in [1.54, 1.807) is 18.7 Å². The largest absolute Gasteiger partial charge is 0.388 e. The van der Waals surface area contributed by atoms with Crippen LogP contribution >= 0.6 is 11.8 Å². The number of rotatable bonds is 5. The Kier molecular flexibility index (Phi) is 5.39. The molecule has 0 heterocycles. The Hall–Kier alpha value is -0.170. The van der Waals surface area contributed by atoms with Gasteiger partial charge in [0.25, 0.3) is 0 Å². The van der Waals surface area contributed by atoms with Crippen LogP contribution < -0.4 is 5.32 Å². The van der Waals surface area contributed by atoms with E-state index >= 15 is 0 Å². The van der Waals surface area contributed by atoms with Gasteiger partial charge in [0.1, 0.15) is 0 Å². The van der Waals surface area contributed by atoms with Crippen molar-refractivity contribution in [1.82, 2.24) is 5.32 Å². The van der Waals surface area contributed by atoms with E-state index < -0.39 is 5.60 Å². The van der Waals surface area contributed by atoms with Crippen LogP contribution in [0.1, 0.15) is 13.8 Å². The van der Waals surface area contributed by atoms with E-state index in [9.17, 15) is 5.11 Å². The molecule has 2 unspecified atom stereocenters. The van der Waals surface area contributed by atoms with Crippen molar-refractivity contribution in [2.75, 3.05) is 18.6 Å². The highest BCUT2D eigenvalue weighted by Gasteiger charge is 2.19. The summed E-state index contributed by atoms with van der Waals surface area (Å²) in [6.07, 6.45) is 7.15. The highest BCUT2D eigenvalue weighted by Crippen LogP contribution is 2.08. The first-order valence-electron chi connectivity index (χ1n) is 3.92. The Morgan fingerprint density at radius 1 is 1.75 bits per heavy atom. The number of nitrogens with one attached hydrogen (secondary N) is 1. The first-order valence-corrected chi connectivity index (χ1v) is 5.32. The maximum Gasteiger partial charge on any atom is 0.0833 e. The summed E-state index contributed by atoms with van der Waals surface area (Å²) in [4.78, 5) is 0. The predicted octanol–water partition coefficient (Wildman–Crippen LogP) is 0.712. The zero-order valence-corrected chi connectivity index (χ0v) is 8.74. The molecular formula is C9H17NOS. The minimum Gasteiger partial charge on any atom is -0.388 e. The first kappa shape index (κ1) is 11.8. The molecule has 2 atom stereocenters. The Bertz CT molecular complexity index is 162. The molecule has 0 bridgehead atoms. The molecule has 12 heavy (non-hydrogen) atoms. The van der Waals surface area contributed by atoms with Gasteiger partial charge in [0.2, 0.25) is 0 Å². The van der Waals surface area contributed by atoms with Gasteiger partial charge in [-0.05, 0) is 20.1 Å². The van der Waals surface area contributed by atoms with E-state index in [0.29, 0.717) is 6.54 Å². The fourth-order valence-corrected chi connectivity index (χ4v) is 1.52. The van der Waals surface area contributed by atoms with Gasteiger partial charge < -0.3 is 10.4 Å². The van der Waals surface area contributed by atoms with Crippen molar-refractivity contribution in [3.63, 3.8) is 0 Å². The quantitative estimate of drug-likeness (QED) is 0.622. The minimum atomic E-state index is -0.662. The van der Waals surface area contributed by atoms with Gasteiger partial charge in [-0.1, -0.05) is 5.92 Å². The van der Waals surface area contributed by atoms with Gasteiger partial charge in [0.15, 0.2) is 0 Å². The molecule has 0 amide bonds. The monoisotopic (exact) mass is 187 g/mol. The second-order valence-electron chi connectivity index (χ2n) is 3.20. The molecule has 0 radical (unpaired) electrons. The molecular weight excluding hydrogens is 170 g/mol. The predicted molar refractivity (Wildman–Crippen MR) is 55.3 cm³/mol. The van der Waals surface area contributed by atoms with Gasteiger partial charge >= 0.3 is 0 Å². The molecule has 0 aliphatic heterocycles. The van der Waals surface area contributed by atoms with Crippen LogP contribution in [0.5, 0.6) is 0 Å². The van der Waals surface area contributed by atoms with Crippen LogP contribution in [-0.2, 0) is 0 Å². The Morgan fingerprint density at radius 2 is 2.33 bits per heavy atom. The Morgan fingerprint density at radius 3 is 2.75 bits per heavy atom. The van der Waals surface area contributed by atoms with E-state index in [1.807, 2.05) is 13.2 Å². The molecule has 0 spiro atoms. The van der Waals surface area contributed by atoms with Crippen LogP contribution in [0.3, 0.4) is 0 Å². The molecule has 70 valence electrons. The van der Waals surface area contributed by atoms with Crippen molar-refractivity contribution in [2.24, 2.45) is 0 Å². The minimum absolute atomic E-state index is 0.0262. The van der Waals surface area contributed by atoms with Crippen LogP contribution in [-0.4, -0.2) is 35.3 Å². The second kappa shape index (κ2) is 5.47. The van der Waals surface area contributed by atoms with Crippen LogP contribution in [0.15, 0.2) is 0 Å². The Labute approximate surface area is 79.1 Å². The summed E-state index contributed by atoms with van der Waals surface area (Å²) in [7, 11) is 0. The highest BCUT2D eigenvalue weighted by atomic mass is 32.2. The van der Waals surface area contributed by atoms with E-state index in [0.717, 1.165) is 5.75 Å². The molecule has 0 saturated heterocycles. The molecule has 0 aliphatic carbocycles. The lowest BCUT2D eigenvalue weighted by Gasteiger charge is -2.23. The van der Waals surface area contributed by atoms with Crippen molar-refractivity contribution in [3.05, 3.63) is 0 Å². The van der Waals surface area contributed by atoms with E-state index in [2.05, 4.69) is 11.2 Å². The van der Waals surface area contributed by atoms with Gasteiger partial charge in [-0.3, -0.25) is 0 Å². The summed E-state index contributed by atoms with van der Waals surface area (Å²) in [6.45, 7) is 4.24. The Balaban J connectivity index is 3.68. The molecule has 0 aromatic carbocycles. The SMILES string of the molecule is C#CC(C)NCC(C)(O)CSC. The number of hydrogen-bond acceptors (Lipinski definition) is 3. The van der Waals surface area contributed by atoms with Crippen molar-refractivity contribution in [1.29, 1.82) is 0 Å². The molecule has 0 rings (SSSR count). The number of thioether (sulfide) groups is 1. The summed E-state index contributed by atoms with van der Waals surface area (Å²) in [5.41, 5.74) is -0.662. The third kappa shape index (κ3) is 5.48. The summed E-state index contributed by atoms with van der Waals surface area (Å²) in [5, 5.41) is 12.8. The lowest BCUT2D eigenvalue weighted by molar-refractivity contribution is 0.0838. The number of hydrogen-bond donors (Lipinski definition) is 2. The van der Waals surface area contributed by atoms with Crippen molar-refractivity contribution in [2.45, 2.75) is 25.5 Å². The van der Waals surface area contributed by atoms with Gasteiger partial charge in [-0.15, -0.1) is 6.42 Å². The number of terminal acetylenes is 1. The molecule has 0 aliphatic rings. The molecule has 0 aromatic heterocycles. The van der Waals surface area contributed by atoms with Crippen molar-refractivity contribution in [3.8, 4) is 12.3 Å². The number of aliphatic hydroxyl groups is 1. The maximum atomic E-state index is 9.71. The third-order valence-corrected chi connectivity index (χ3v) is 2.40. The van der Waals surface area contributed by atoms with Gasteiger partial charge in [0.05, 0.1) is 11.6 Å². The molecule has 2 nitrogen and oxygen atoms in total. The zero-order chi connectivity index (χ0) is 9.61. The van der Waals surface area contributed by atoms with Gasteiger partial charge in [0, 0.05) is 12.3 Å². The third-order valence-electron chi connectivity index (χ3n) is 1.49. The molecule has 0 saturated carbocycles. The van der Waals surface area contributed by atoms with Crippen LogP contribution in [0.25, 0.3) is 0 Å². The van der Waals surface area contributed by atoms with E-state index in [-0.39, 0.29) is 6.04 Å². The van der Waals surface area contributed by atoms with Crippen LogP contribution in [0.2, 0.25) is 0 Å². The average Bonchev–Trinajstić information content (AvgIpc) is 2.00. The smallest absolute Gasteiger partial charge is 0.0833 e. The zero-order valence-electron chi connectivity index (χ0n) is 7.92. The molecule has 3 heteroatoms. The van der Waals surface area contributed by atoms with Gasteiger partial charge in [-0.2, -0.15) is 11.8 Å². The summed E-state index contributed by atoms with van der Waals surface area (Å²) in [5.74, 6) is 3.27. The second-order valence-corrected chi connectivity index (χ2v) is 4.07. The molecule has 0 fully saturated rings. The lowest BCUT2D eigenvalue weighted by atomic mass is 10.1. The van der Waals surface area contributed by atoms with Crippen LogP contribution in [0, 0.1) is 12.3 Å². The maximum absolute atomic E-state index is 9.71. The molecule has 0 aromatic rings.